The van der Waals surface area contributed by atoms with Crippen molar-refractivity contribution < 1.29 is 4.79 Å². The number of rotatable bonds is 5. The number of nitrogens with one attached hydrogen (secondary N) is 1. The summed E-state index contributed by atoms with van der Waals surface area (Å²) >= 11 is 0. The number of likely N-dealkylation sites (tertiary alicyclic amines) is 1. The van der Waals surface area contributed by atoms with Crippen LogP contribution in [-0.4, -0.2) is 37.0 Å². The van der Waals surface area contributed by atoms with E-state index in [1.54, 1.807) is 6.07 Å². The molecule has 1 aliphatic heterocycles. The van der Waals surface area contributed by atoms with Gasteiger partial charge in [-0.05, 0) is 63.4 Å². The second-order valence-electron chi connectivity index (χ2n) is 6.17. The molecule has 0 radical (unpaired) electrons. The van der Waals surface area contributed by atoms with Crippen LogP contribution in [0.15, 0.2) is 18.2 Å². The molecule has 116 valence electrons. The Morgan fingerprint density at radius 2 is 2.10 bits per heavy atom. The van der Waals surface area contributed by atoms with Crippen molar-refractivity contribution in [3.05, 3.63) is 29.3 Å². The molecule has 3 N–H and O–H groups in total. The molecule has 0 aromatic heterocycles. The highest BCUT2D eigenvalue weighted by molar-refractivity contribution is 5.99. The van der Waals surface area contributed by atoms with Gasteiger partial charge in [0.2, 0.25) is 0 Å². The molecule has 1 fully saturated rings. The van der Waals surface area contributed by atoms with Crippen LogP contribution in [0.25, 0.3) is 0 Å². The van der Waals surface area contributed by atoms with E-state index in [-0.39, 0.29) is 5.91 Å². The number of carbonyl (C=O) groups excluding carboxylic acids is 1. The Bertz CT molecular complexity index is 479. The van der Waals surface area contributed by atoms with Crippen LogP contribution in [0.3, 0.4) is 0 Å². The van der Waals surface area contributed by atoms with Crippen molar-refractivity contribution in [3.63, 3.8) is 0 Å². The van der Waals surface area contributed by atoms with Crippen molar-refractivity contribution in [3.8, 4) is 0 Å². The summed E-state index contributed by atoms with van der Waals surface area (Å²) in [5.74, 6) is 0.800. The highest BCUT2D eigenvalue weighted by Crippen LogP contribution is 2.17. The number of nitrogens with two attached hydrogens (primary N) is 1. The van der Waals surface area contributed by atoms with Crippen LogP contribution in [0.5, 0.6) is 0 Å². The first kappa shape index (κ1) is 15.8. The third-order valence-corrected chi connectivity index (χ3v) is 4.38. The van der Waals surface area contributed by atoms with Crippen molar-refractivity contribution in [2.45, 2.75) is 33.1 Å². The summed E-state index contributed by atoms with van der Waals surface area (Å²) in [5, 5.41) is 2.97. The van der Waals surface area contributed by atoms with Crippen LogP contribution in [0, 0.1) is 12.8 Å². The zero-order valence-electron chi connectivity index (χ0n) is 13.2. The summed E-state index contributed by atoms with van der Waals surface area (Å²) in [6, 6.07) is 5.57. The minimum atomic E-state index is -0.0662. The molecular weight excluding hydrogens is 262 g/mol. The van der Waals surface area contributed by atoms with Gasteiger partial charge >= 0.3 is 0 Å². The van der Waals surface area contributed by atoms with E-state index in [0.717, 1.165) is 24.4 Å². The van der Waals surface area contributed by atoms with E-state index in [2.05, 4.69) is 17.1 Å². The first-order valence-corrected chi connectivity index (χ1v) is 7.93. The number of hydrogen-bond donors (Lipinski definition) is 2. The van der Waals surface area contributed by atoms with E-state index in [1.165, 1.54) is 25.9 Å². The zero-order valence-corrected chi connectivity index (χ0v) is 13.2. The summed E-state index contributed by atoms with van der Waals surface area (Å²) in [5.41, 5.74) is 8.07. The van der Waals surface area contributed by atoms with E-state index >= 15 is 0 Å². The summed E-state index contributed by atoms with van der Waals surface area (Å²) in [7, 11) is 0. The number of anilines is 1. The smallest absolute Gasteiger partial charge is 0.253 e. The molecule has 4 heteroatoms. The van der Waals surface area contributed by atoms with Gasteiger partial charge in [0.15, 0.2) is 0 Å². The van der Waals surface area contributed by atoms with Gasteiger partial charge in [0, 0.05) is 12.2 Å². The Balaban J connectivity index is 1.71. The Morgan fingerprint density at radius 3 is 2.81 bits per heavy atom. The van der Waals surface area contributed by atoms with Crippen LogP contribution in [-0.2, 0) is 0 Å². The average Bonchev–Trinajstić information content (AvgIpc) is 2.48. The molecule has 1 aliphatic rings. The number of piperidine rings is 1. The third-order valence-electron chi connectivity index (χ3n) is 4.38. The molecule has 0 bridgehead atoms. The lowest BCUT2D eigenvalue weighted by atomic mass is 9.99. The number of nitrogen functional groups attached to an aromatic ring is 1. The van der Waals surface area contributed by atoms with Gasteiger partial charge in [-0.15, -0.1) is 0 Å². The zero-order chi connectivity index (χ0) is 15.2. The monoisotopic (exact) mass is 289 g/mol. The van der Waals surface area contributed by atoms with Gasteiger partial charge in [-0.2, -0.15) is 0 Å². The predicted octanol–water partition coefficient (Wildman–Crippen LogP) is 2.43. The molecule has 1 saturated heterocycles. The van der Waals surface area contributed by atoms with E-state index in [9.17, 15) is 4.79 Å². The lowest BCUT2D eigenvalue weighted by Crippen LogP contribution is -2.35. The highest BCUT2D eigenvalue weighted by Gasteiger charge is 2.15. The minimum absolute atomic E-state index is 0.0662. The highest BCUT2D eigenvalue weighted by atomic mass is 16.1. The minimum Gasteiger partial charge on any atom is -0.398 e. The van der Waals surface area contributed by atoms with E-state index < -0.39 is 0 Å². The average molecular weight is 289 g/mol. The maximum absolute atomic E-state index is 12.1. The summed E-state index contributed by atoms with van der Waals surface area (Å²) in [6.07, 6.45) is 3.59. The van der Waals surface area contributed by atoms with E-state index in [0.29, 0.717) is 17.8 Å². The number of benzene rings is 1. The lowest BCUT2D eigenvalue weighted by Gasteiger charge is -2.30. The van der Waals surface area contributed by atoms with Crippen molar-refractivity contribution >= 4 is 11.6 Å². The molecule has 1 heterocycles. The third kappa shape index (κ3) is 4.46. The Morgan fingerprint density at radius 1 is 1.38 bits per heavy atom. The van der Waals surface area contributed by atoms with Crippen LogP contribution in [0.2, 0.25) is 0 Å². The molecular formula is C17H27N3O. The number of para-hydroxylation sites is 1. The molecule has 0 spiro atoms. The van der Waals surface area contributed by atoms with Gasteiger partial charge in [0.1, 0.15) is 0 Å². The topological polar surface area (TPSA) is 58.4 Å². The second-order valence-corrected chi connectivity index (χ2v) is 6.17. The number of carbonyl (C=O) groups is 1. The van der Waals surface area contributed by atoms with Gasteiger partial charge in [0.25, 0.3) is 5.91 Å². The first-order chi connectivity index (χ1) is 10.1. The Labute approximate surface area is 127 Å². The lowest BCUT2D eigenvalue weighted by molar-refractivity contribution is 0.0951. The van der Waals surface area contributed by atoms with Crippen molar-refractivity contribution in [2.24, 2.45) is 5.92 Å². The largest absolute Gasteiger partial charge is 0.398 e. The molecule has 0 aliphatic carbocycles. The molecule has 21 heavy (non-hydrogen) atoms. The second kappa shape index (κ2) is 7.46. The van der Waals surface area contributed by atoms with Gasteiger partial charge in [-0.25, -0.2) is 0 Å². The van der Waals surface area contributed by atoms with E-state index in [1.807, 2.05) is 19.1 Å². The molecule has 1 aromatic rings. The Hall–Kier alpha value is -1.55. The maximum atomic E-state index is 12.1. The molecule has 0 atom stereocenters. The van der Waals surface area contributed by atoms with Crippen LogP contribution < -0.4 is 11.1 Å². The number of nitrogens with zero attached hydrogens (tertiary/aromatic N) is 1. The quantitative estimate of drug-likeness (QED) is 0.646. The van der Waals surface area contributed by atoms with Crippen LogP contribution >= 0.6 is 0 Å². The predicted molar refractivity (Wildman–Crippen MR) is 87.4 cm³/mol. The first-order valence-electron chi connectivity index (χ1n) is 7.93. The number of aryl methyl sites for hydroxylation is 1. The molecule has 4 nitrogen and oxygen atoms in total. The number of amides is 1. The van der Waals surface area contributed by atoms with Crippen molar-refractivity contribution in [2.75, 3.05) is 31.9 Å². The van der Waals surface area contributed by atoms with E-state index in [4.69, 9.17) is 5.73 Å². The van der Waals surface area contributed by atoms with Gasteiger partial charge in [-0.1, -0.05) is 19.1 Å². The van der Waals surface area contributed by atoms with Crippen molar-refractivity contribution in [1.82, 2.24) is 10.2 Å². The summed E-state index contributed by atoms with van der Waals surface area (Å²) < 4.78 is 0. The molecule has 0 unspecified atom stereocenters. The summed E-state index contributed by atoms with van der Waals surface area (Å²) in [6.45, 7) is 8.40. The molecule has 1 aromatic carbocycles. The molecule has 0 saturated carbocycles. The van der Waals surface area contributed by atoms with Crippen LogP contribution in [0.4, 0.5) is 5.69 Å². The van der Waals surface area contributed by atoms with Crippen LogP contribution in [0.1, 0.15) is 42.1 Å². The normalized spacial score (nSPS) is 16.9. The molecule has 1 amide bonds. The SMILES string of the molecule is Cc1cccc(C(=O)NCCCN2CCC(C)CC2)c1N. The fourth-order valence-corrected chi connectivity index (χ4v) is 2.76. The standard InChI is InChI=1S/C17H27N3O/c1-13-7-11-20(12-8-13)10-4-9-19-17(21)15-6-3-5-14(2)16(15)18/h3,5-6,13H,4,7-12,18H2,1-2H3,(H,19,21). The van der Waals surface area contributed by atoms with Crippen molar-refractivity contribution in [1.29, 1.82) is 0 Å². The summed E-state index contributed by atoms with van der Waals surface area (Å²) in [4.78, 5) is 14.6. The van der Waals surface area contributed by atoms with Gasteiger partial charge in [-0.3, -0.25) is 4.79 Å². The fourth-order valence-electron chi connectivity index (χ4n) is 2.76. The molecule has 2 rings (SSSR count). The van der Waals surface area contributed by atoms with Gasteiger partial charge in [0.05, 0.1) is 5.56 Å². The van der Waals surface area contributed by atoms with Gasteiger partial charge < -0.3 is 16.0 Å². The fraction of sp³-hybridized carbons (Fsp3) is 0.588. The maximum Gasteiger partial charge on any atom is 0.253 e. The number of hydrogen-bond acceptors (Lipinski definition) is 3. The Kier molecular flexibility index (Phi) is 5.62.